The molecule has 0 unspecified atom stereocenters. The minimum absolute atomic E-state index is 0.0895. The lowest BCUT2D eigenvalue weighted by atomic mass is 9.80. The Balaban J connectivity index is 0.975. The van der Waals surface area contributed by atoms with E-state index >= 15 is 0 Å². The molecule has 1 aliphatic carbocycles. The van der Waals surface area contributed by atoms with Gasteiger partial charge < -0.3 is 0 Å². The monoisotopic (exact) mass is 802 g/mol. The first kappa shape index (κ1) is 36.9. The highest BCUT2D eigenvalue weighted by Gasteiger charge is 2.37. The minimum atomic E-state index is -0.0895. The van der Waals surface area contributed by atoms with Gasteiger partial charge in [0, 0.05) is 22.1 Å². The molecule has 1 aromatic heterocycles. The quantitative estimate of drug-likeness (QED) is 0.167. The van der Waals surface area contributed by atoms with E-state index in [0.717, 1.165) is 33.5 Å². The van der Waals surface area contributed by atoms with Gasteiger partial charge in [0.15, 0.2) is 5.82 Å². The zero-order valence-corrected chi connectivity index (χ0v) is 35.2. The molecular weight excluding hydrogens is 761 g/mol. The average Bonchev–Trinajstić information content (AvgIpc) is 3.59. The van der Waals surface area contributed by atoms with E-state index in [4.69, 9.17) is 9.97 Å². The van der Waals surface area contributed by atoms with Crippen LogP contribution in [-0.4, -0.2) is 9.97 Å². The van der Waals surface area contributed by atoms with E-state index in [1.165, 1.54) is 82.6 Å². The molecule has 0 fully saturated rings. The SMILES string of the molecule is CC1(C)c2ccc(-c3ccc(-c4ccc(-c5cc(-c6ccc(-c7ccccc7)cc6)nc(-c6ccccc6)n5)c5ccccc45)c4ccccc34)cc2-c2ccc3ccccc3c21. The van der Waals surface area contributed by atoms with Crippen molar-refractivity contribution in [2.75, 3.05) is 0 Å². The third-order valence-corrected chi connectivity index (χ3v) is 13.3. The van der Waals surface area contributed by atoms with Crippen LogP contribution in [0.3, 0.4) is 0 Å². The van der Waals surface area contributed by atoms with E-state index in [1.54, 1.807) is 0 Å². The number of hydrogen-bond acceptors (Lipinski definition) is 2. The number of rotatable bonds is 6. The van der Waals surface area contributed by atoms with Crippen molar-refractivity contribution in [1.29, 1.82) is 0 Å². The Bertz CT molecular complexity index is 3570. The van der Waals surface area contributed by atoms with Gasteiger partial charge in [-0.2, -0.15) is 0 Å². The van der Waals surface area contributed by atoms with Crippen molar-refractivity contribution in [2.24, 2.45) is 0 Å². The van der Waals surface area contributed by atoms with Crippen LogP contribution in [0.4, 0.5) is 0 Å². The predicted molar refractivity (Wildman–Crippen MR) is 265 cm³/mol. The molecule has 11 aromatic rings. The van der Waals surface area contributed by atoms with Crippen LogP contribution in [0.1, 0.15) is 25.0 Å². The van der Waals surface area contributed by atoms with Crippen LogP contribution in [0.15, 0.2) is 218 Å². The van der Waals surface area contributed by atoms with Gasteiger partial charge in [-0.1, -0.05) is 220 Å². The Morgan fingerprint density at radius 2 is 0.778 bits per heavy atom. The molecule has 1 heterocycles. The van der Waals surface area contributed by atoms with Crippen molar-refractivity contribution in [1.82, 2.24) is 9.97 Å². The fourth-order valence-corrected chi connectivity index (χ4v) is 10.2. The summed E-state index contributed by atoms with van der Waals surface area (Å²) in [6.45, 7) is 4.75. The zero-order chi connectivity index (χ0) is 42.1. The van der Waals surface area contributed by atoms with Crippen LogP contribution in [0.2, 0.25) is 0 Å². The maximum atomic E-state index is 5.26. The molecule has 0 aliphatic heterocycles. The molecule has 0 atom stereocenters. The van der Waals surface area contributed by atoms with Gasteiger partial charge in [0.1, 0.15) is 0 Å². The normalized spacial score (nSPS) is 12.7. The summed E-state index contributed by atoms with van der Waals surface area (Å²) in [5.41, 5.74) is 17.5. The summed E-state index contributed by atoms with van der Waals surface area (Å²) in [6, 6.07) is 79.1. The number of hydrogen-bond donors (Lipinski definition) is 0. The highest BCUT2D eigenvalue weighted by atomic mass is 14.9. The molecule has 0 spiro atoms. The molecule has 63 heavy (non-hydrogen) atoms. The maximum absolute atomic E-state index is 5.26. The molecule has 296 valence electrons. The number of benzene rings is 10. The fraction of sp³-hybridized carbons (Fsp3) is 0.0492. The number of fused-ring (bicyclic) bond motifs is 7. The van der Waals surface area contributed by atoms with Crippen molar-refractivity contribution in [3.8, 4) is 78.4 Å². The zero-order valence-electron chi connectivity index (χ0n) is 35.2. The van der Waals surface area contributed by atoms with Gasteiger partial charge in [0.05, 0.1) is 11.4 Å². The second-order valence-corrected chi connectivity index (χ2v) is 17.3. The van der Waals surface area contributed by atoms with E-state index in [9.17, 15) is 0 Å². The van der Waals surface area contributed by atoms with Crippen molar-refractivity contribution in [2.45, 2.75) is 19.3 Å². The van der Waals surface area contributed by atoms with Crippen LogP contribution in [0, 0.1) is 0 Å². The van der Waals surface area contributed by atoms with Gasteiger partial charge in [0.2, 0.25) is 0 Å². The van der Waals surface area contributed by atoms with Gasteiger partial charge in [-0.05, 0) is 100 Å². The first-order valence-electron chi connectivity index (χ1n) is 21.8. The van der Waals surface area contributed by atoms with Crippen LogP contribution < -0.4 is 0 Å². The molecule has 2 heteroatoms. The highest BCUT2D eigenvalue weighted by molar-refractivity contribution is 6.12. The van der Waals surface area contributed by atoms with Crippen molar-refractivity contribution in [3.05, 3.63) is 230 Å². The molecule has 10 aromatic carbocycles. The van der Waals surface area contributed by atoms with E-state index in [1.807, 2.05) is 18.2 Å². The van der Waals surface area contributed by atoms with E-state index in [0.29, 0.717) is 5.82 Å². The molecular formula is C61H42N2. The number of aromatic nitrogens is 2. The molecule has 0 radical (unpaired) electrons. The summed E-state index contributed by atoms with van der Waals surface area (Å²) >= 11 is 0. The Kier molecular flexibility index (Phi) is 8.55. The summed E-state index contributed by atoms with van der Waals surface area (Å²) in [7, 11) is 0. The lowest BCUT2D eigenvalue weighted by Crippen LogP contribution is -2.15. The van der Waals surface area contributed by atoms with Crippen LogP contribution in [0.25, 0.3) is 111 Å². The molecule has 12 rings (SSSR count). The molecule has 0 N–H and O–H groups in total. The highest BCUT2D eigenvalue weighted by Crippen LogP contribution is 2.52. The Hall–Kier alpha value is -7.94. The lowest BCUT2D eigenvalue weighted by Gasteiger charge is -2.23. The topological polar surface area (TPSA) is 25.8 Å². The Morgan fingerprint density at radius 1 is 0.302 bits per heavy atom. The summed E-state index contributed by atoms with van der Waals surface area (Å²) in [5.74, 6) is 0.705. The van der Waals surface area contributed by atoms with Gasteiger partial charge in [-0.25, -0.2) is 9.97 Å². The lowest BCUT2D eigenvalue weighted by molar-refractivity contribution is 0.666. The third kappa shape index (κ3) is 6.09. The van der Waals surface area contributed by atoms with Gasteiger partial charge in [-0.3, -0.25) is 0 Å². The molecule has 0 bridgehead atoms. The minimum Gasteiger partial charge on any atom is -0.228 e. The second kappa shape index (κ2) is 14.6. The van der Waals surface area contributed by atoms with Crippen molar-refractivity contribution >= 4 is 32.3 Å². The molecule has 0 amide bonds. The fourth-order valence-electron chi connectivity index (χ4n) is 10.2. The molecule has 0 saturated carbocycles. The summed E-state index contributed by atoms with van der Waals surface area (Å²) in [6.07, 6.45) is 0. The van der Waals surface area contributed by atoms with Gasteiger partial charge in [0.25, 0.3) is 0 Å². The van der Waals surface area contributed by atoms with Crippen molar-refractivity contribution < 1.29 is 0 Å². The van der Waals surface area contributed by atoms with E-state index in [-0.39, 0.29) is 5.41 Å². The Morgan fingerprint density at radius 3 is 1.46 bits per heavy atom. The maximum Gasteiger partial charge on any atom is 0.160 e. The van der Waals surface area contributed by atoms with Crippen molar-refractivity contribution in [3.63, 3.8) is 0 Å². The third-order valence-electron chi connectivity index (χ3n) is 13.3. The summed E-state index contributed by atoms with van der Waals surface area (Å²) in [4.78, 5) is 10.4. The van der Waals surface area contributed by atoms with Gasteiger partial charge in [-0.15, -0.1) is 0 Å². The first-order chi connectivity index (χ1) is 31.0. The molecule has 1 aliphatic rings. The summed E-state index contributed by atoms with van der Waals surface area (Å²) in [5, 5.41) is 7.45. The van der Waals surface area contributed by atoms with Crippen LogP contribution in [-0.2, 0) is 5.41 Å². The second-order valence-electron chi connectivity index (χ2n) is 17.3. The first-order valence-corrected chi connectivity index (χ1v) is 21.8. The van der Waals surface area contributed by atoms with Crippen LogP contribution >= 0.6 is 0 Å². The summed E-state index contributed by atoms with van der Waals surface area (Å²) < 4.78 is 0. The Labute approximate surface area is 367 Å². The number of nitrogens with zero attached hydrogens (tertiary/aromatic N) is 2. The largest absolute Gasteiger partial charge is 0.228 e. The van der Waals surface area contributed by atoms with E-state index in [2.05, 4.69) is 214 Å². The predicted octanol–water partition coefficient (Wildman–Crippen LogP) is 16.2. The van der Waals surface area contributed by atoms with Crippen LogP contribution in [0.5, 0.6) is 0 Å². The van der Waals surface area contributed by atoms with Gasteiger partial charge >= 0.3 is 0 Å². The average molecular weight is 803 g/mol. The molecule has 0 saturated heterocycles. The smallest absolute Gasteiger partial charge is 0.160 e. The standard InChI is InChI=1S/C61H42N2/c1-61(2)56-36-30-44(37-55(56)54-31-29-41-17-9-10-20-46(41)59(54)61)45-32-33-51(48-22-12-11-21-47(45)48)52-34-35-53(50-24-14-13-23-49(50)52)58-38-57(62-60(63-58)43-18-7-4-8-19-43)42-27-25-40(26-28-42)39-15-5-3-6-16-39/h3-38H,1-2H3. The molecule has 2 nitrogen and oxygen atoms in total. The van der Waals surface area contributed by atoms with E-state index < -0.39 is 0 Å².